The smallest absolute Gasteiger partial charge is 0.224 e. The molecule has 5 nitrogen and oxygen atoms in total. The van der Waals surface area contributed by atoms with Gasteiger partial charge in [-0.1, -0.05) is 19.3 Å². The molecule has 1 saturated carbocycles. The van der Waals surface area contributed by atoms with Crippen molar-refractivity contribution in [2.24, 2.45) is 11.1 Å². The van der Waals surface area contributed by atoms with Crippen LogP contribution in [0.2, 0.25) is 0 Å². The number of ether oxygens (including phenoxy) is 2. The monoisotopic (exact) mass is 306 g/mol. The Morgan fingerprint density at radius 1 is 1.18 bits per heavy atom. The largest absolute Gasteiger partial charge is 0.493 e. The summed E-state index contributed by atoms with van der Waals surface area (Å²) in [5.41, 5.74) is 6.63. The normalized spacial score (nSPS) is 16.9. The number of hydrogen-bond acceptors (Lipinski definition) is 4. The van der Waals surface area contributed by atoms with Crippen LogP contribution in [0.3, 0.4) is 0 Å². The van der Waals surface area contributed by atoms with Crippen LogP contribution in [0.15, 0.2) is 18.2 Å². The first-order chi connectivity index (χ1) is 10.6. The second-order valence-corrected chi connectivity index (χ2v) is 6.06. The van der Waals surface area contributed by atoms with E-state index in [1.807, 2.05) is 6.07 Å². The van der Waals surface area contributed by atoms with E-state index in [2.05, 4.69) is 5.32 Å². The Morgan fingerprint density at radius 2 is 1.86 bits per heavy atom. The van der Waals surface area contributed by atoms with Crippen LogP contribution in [0, 0.1) is 5.41 Å². The Kier molecular flexibility index (Phi) is 5.66. The molecule has 0 saturated heterocycles. The number of carbonyl (C=O) groups is 1. The summed E-state index contributed by atoms with van der Waals surface area (Å²) >= 11 is 0. The van der Waals surface area contributed by atoms with Gasteiger partial charge in [0.15, 0.2) is 11.5 Å². The standard InChI is InChI=1S/C17H26N2O3/c1-21-14-7-6-13(10-15(14)22-2)19-16(20)11-17(12-18)8-4-3-5-9-17/h6-7,10H,3-5,8-9,11-12,18H2,1-2H3,(H,19,20). The molecule has 3 N–H and O–H groups in total. The number of anilines is 1. The first-order valence-electron chi connectivity index (χ1n) is 7.84. The number of hydrogen-bond donors (Lipinski definition) is 2. The summed E-state index contributed by atoms with van der Waals surface area (Å²) in [5, 5.41) is 2.94. The lowest BCUT2D eigenvalue weighted by atomic mass is 9.71. The van der Waals surface area contributed by atoms with Crippen molar-refractivity contribution in [1.29, 1.82) is 0 Å². The predicted octanol–water partition coefficient (Wildman–Crippen LogP) is 2.94. The molecule has 22 heavy (non-hydrogen) atoms. The highest BCUT2D eigenvalue weighted by atomic mass is 16.5. The average molecular weight is 306 g/mol. The van der Waals surface area contributed by atoms with Gasteiger partial charge < -0.3 is 20.5 Å². The van der Waals surface area contributed by atoms with E-state index < -0.39 is 0 Å². The molecule has 1 aliphatic rings. The summed E-state index contributed by atoms with van der Waals surface area (Å²) in [4.78, 5) is 12.4. The Morgan fingerprint density at radius 3 is 2.45 bits per heavy atom. The van der Waals surface area contributed by atoms with E-state index in [0.717, 1.165) is 12.8 Å². The molecule has 1 aliphatic carbocycles. The Hall–Kier alpha value is -1.75. The van der Waals surface area contributed by atoms with Crippen molar-refractivity contribution in [1.82, 2.24) is 0 Å². The Labute approximate surface area is 132 Å². The van der Waals surface area contributed by atoms with Crippen LogP contribution < -0.4 is 20.5 Å². The van der Waals surface area contributed by atoms with Crippen LogP contribution >= 0.6 is 0 Å². The van der Waals surface area contributed by atoms with Gasteiger partial charge in [-0.3, -0.25) is 4.79 Å². The van der Waals surface area contributed by atoms with Gasteiger partial charge in [0.25, 0.3) is 0 Å². The SMILES string of the molecule is COc1ccc(NC(=O)CC2(CN)CCCCC2)cc1OC. The highest BCUT2D eigenvalue weighted by Gasteiger charge is 2.32. The van der Waals surface area contributed by atoms with Crippen molar-refractivity contribution in [3.63, 3.8) is 0 Å². The third kappa shape index (κ3) is 3.91. The summed E-state index contributed by atoms with van der Waals surface area (Å²) in [5.74, 6) is 1.26. The van der Waals surface area contributed by atoms with E-state index in [1.165, 1.54) is 19.3 Å². The Bertz CT molecular complexity index is 511. The Balaban J connectivity index is 2.02. The summed E-state index contributed by atoms with van der Waals surface area (Å²) in [6, 6.07) is 5.37. The highest BCUT2D eigenvalue weighted by Crippen LogP contribution is 2.38. The van der Waals surface area contributed by atoms with Gasteiger partial charge in [0.1, 0.15) is 0 Å². The van der Waals surface area contributed by atoms with Gasteiger partial charge in [0, 0.05) is 18.2 Å². The molecule has 0 heterocycles. The van der Waals surface area contributed by atoms with Crippen molar-refractivity contribution in [3.05, 3.63) is 18.2 Å². The van der Waals surface area contributed by atoms with Crippen LogP contribution in [0.25, 0.3) is 0 Å². The molecule has 1 aromatic carbocycles. The molecular formula is C17H26N2O3. The molecule has 0 bridgehead atoms. The molecule has 1 amide bonds. The molecule has 1 fully saturated rings. The predicted molar refractivity (Wildman–Crippen MR) is 87.4 cm³/mol. The molecular weight excluding hydrogens is 280 g/mol. The van der Waals surface area contributed by atoms with E-state index in [1.54, 1.807) is 26.4 Å². The van der Waals surface area contributed by atoms with Gasteiger partial charge in [0.05, 0.1) is 14.2 Å². The van der Waals surface area contributed by atoms with Crippen molar-refractivity contribution < 1.29 is 14.3 Å². The van der Waals surface area contributed by atoms with Gasteiger partial charge >= 0.3 is 0 Å². The molecule has 2 rings (SSSR count). The van der Waals surface area contributed by atoms with Crippen LogP contribution in [-0.2, 0) is 4.79 Å². The minimum atomic E-state index is -0.0289. The zero-order valence-electron chi connectivity index (χ0n) is 13.5. The third-order valence-corrected chi connectivity index (χ3v) is 4.55. The van der Waals surface area contributed by atoms with E-state index >= 15 is 0 Å². The average Bonchev–Trinajstić information content (AvgIpc) is 2.55. The summed E-state index contributed by atoms with van der Waals surface area (Å²) in [7, 11) is 3.17. The van der Waals surface area contributed by atoms with Gasteiger partial charge in [-0.2, -0.15) is 0 Å². The minimum Gasteiger partial charge on any atom is -0.493 e. The molecule has 0 unspecified atom stereocenters. The molecule has 5 heteroatoms. The van der Waals surface area contributed by atoms with Crippen LogP contribution in [0.4, 0.5) is 5.69 Å². The number of benzene rings is 1. The highest BCUT2D eigenvalue weighted by molar-refractivity contribution is 5.91. The molecule has 122 valence electrons. The fourth-order valence-corrected chi connectivity index (χ4v) is 3.21. The topological polar surface area (TPSA) is 73.6 Å². The second kappa shape index (κ2) is 7.49. The fraction of sp³-hybridized carbons (Fsp3) is 0.588. The van der Waals surface area contributed by atoms with Gasteiger partial charge in [-0.05, 0) is 36.9 Å². The summed E-state index contributed by atoms with van der Waals surface area (Å²) in [6.07, 6.45) is 6.16. The number of rotatable bonds is 6. The number of carbonyl (C=O) groups excluding carboxylic acids is 1. The lowest BCUT2D eigenvalue weighted by Crippen LogP contribution is -2.36. The minimum absolute atomic E-state index is 0.0135. The first kappa shape index (κ1) is 16.6. The molecule has 0 radical (unpaired) electrons. The summed E-state index contributed by atoms with van der Waals surface area (Å²) in [6.45, 7) is 0.576. The number of methoxy groups -OCH3 is 2. The number of nitrogens with two attached hydrogens (primary N) is 1. The van der Waals surface area contributed by atoms with Gasteiger partial charge in [-0.25, -0.2) is 0 Å². The van der Waals surface area contributed by atoms with Gasteiger partial charge in [-0.15, -0.1) is 0 Å². The van der Waals surface area contributed by atoms with Crippen molar-refractivity contribution >= 4 is 11.6 Å². The zero-order chi connectivity index (χ0) is 16.0. The lowest BCUT2D eigenvalue weighted by molar-refractivity contribution is -0.118. The van der Waals surface area contributed by atoms with Crippen molar-refractivity contribution in [2.75, 3.05) is 26.1 Å². The maximum atomic E-state index is 12.4. The van der Waals surface area contributed by atoms with Crippen molar-refractivity contribution in [2.45, 2.75) is 38.5 Å². The molecule has 0 spiro atoms. The van der Waals surface area contributed by atoms with Crippen LogP contribution in [-0.4, -0.2) is 26.7 Å². The van der Waals surface area contributed by atoms with Crippen LogP contribution in [0.5, 0.6) is 11.5 Å². The number of amides is 1. The van der Waals surface area contributed by atoms with E-state index in [0.29, 0.717) is 30.2 Å². The van der Waals surface area contributed by atoms with E-state index in [9.17, 15) is 4.79 Å². The molecule has 0 aliphatic heterocycles. The lowest BCUT2D eigenvalue weighted by Gasteiger charge is -2.35. The first-order valence-corrected chi connectivity index (χ1v) is 7.84. The summed E-state index contributed by atoms with van der Waals surface area (Å²) < 4.78 is 10.4. The van der Waals surface area contributed by atoms with E-state index in [4.69, 9.17) is 15.2 Å². The third-order valence-electron chi connectivity index (χ3n) is 4.55. The zero-order valence-corrected chi connectivity index (χ0v) is 13.5. The number of nitrogens with one attached hydrogen (secondary N) is 1. The maximum absolute atomic E-state index is 12.4. The van der Waals surface area contributed by atoms with Gasteiger partial charge in [0.2, 0.25) is 5.91 Å². The maximum Gasteiger partial charge on any atom is 0.224 e. The fourth-order valence-electron chi connectivity index (χ4n) is 3.21. The quantitative estimate of drug-likeness (QED) is 0.847. The van der Waals surface area contributed by atoms with Crippen molar-refractivity contribution in [3.8, 4) is 11.5 Å². The van der Waals surface area contributed by atoms with E-state index in [-0.39, 0.29) is 11.3 Å². The van der Waals surface area contributed by atoms with Crippen LogP contribution in [0.1, 0.15) is 38.5 Å². The molecule has 0 atom stereocenters. The molecule has 0 aromatic heterocycles. The molecule has 1 aromatic rings. The second-order valence-electron chi connectivity index (χ2n) is 6.06.